The normalized spacial score (nSPS) is 10.9. The van der Waals surface area contributed by atoms with E-state index in [1.54, 1.807) is 0 Å². The van der Waals surface area contributed by atoms with Gasteiger partial charge in [-0.3, -0.25) is 4.72 Å². The SMILES string of the molecule is N#Cc1ccc(Cl)cc1NS(=O)(=O)c1ccc(Cl)c(N)c1. The van der Waals surface area contributed by atoms with E-state index in [0.717, 1.165) is 0 Å². The Morgan fingerprint density at radius 3 is 2.48 bits per heavy atom. The summed E-state index contributed by atoms with van der Waals surface area (Å²) in [5.41, 5.74) is 5.99. The number of benzene rings is 2. The minimum atomic E-state index is -3.90. The van der Waals surface area contributed by atoms with E-state index in [1.807, 2.05) is 6.07 Å². The molecule has 0 aliphatic heterocycles. The highest BCUT2D eigenvalue weighted by molar-refractivity contribution is 7.92. The zero-order valence-corrected chi connectivity index (χ0v) is 12.8. The molecule has 0 spiro atoms. The van der Waals surface area contributed by atoms with Gasteiger partial charge in [-0.1, -0.05) is 23.2 Å². The van der Waals surface area contributed by atoms with E-state index in [9.17, 15) is 8.42 Å². The Bertz CT molecular complexity index is 845. The molecule has 2 aromatic carbocycles. The number of nitrogens with zero attached hydrogens (tertiary/aromatic N) is 1. The van der Waals surface area contributed by atoms with Crippen LogP contribution >= 0.6 is 23.2 Å². The van der Waals surface area contributed by atoms with Gasteiger partial charge in [0.25, 0.3) is 10.0 Å². The monoisotopic (exact) mass is 341 g/mol. The lowest BCUT2D eigenvalue weighted by Crippen LogP contribution is -2.14. The van der Waals surface area contributed by atoms with Crippen LogP contribution in [0.5, 0.6) is 0 Å². The Hall–Kier alpha value is -1.94. The summed E-state index contributed by atoms with van der Waals surface area (Å²) in [6.07, 6.45) is 0. The van der Waals surface area contributed by atoms with Crippen LogP contribution in [0.25, 0.3) is 0 Å². The molecule has 0 bridgehead atoms. The van der Waals surface area contributed by atoms with Crippen molar-refractivity contribution in [1.82, 2.24) is 0 Å². The maximum atomic E-state index is 12.3. The first-order valence-electron chi connectivity index (χ1n) is 5.61. The number of nitrogen functional groups attached to an aromatic ring is 1. The standard InChI is InChI=1S/C13H9Cl2N3O2S/c14-9-2-1-8(7-16)13(5-9)18-21(19,20)10-3-4-11(15)12(17)6-10/h1-6,18H,17H2. The summed E-state index contributed by atoms with van der Waals surface area (Å²) in [5.74, 6) is 0. The summed E-state index contributed by atoms with van der Waals surface area (Å²) in [7, 11) is -3.90. The van der Waals surface area contributed by atoms with Gasteiger partial charge < -0.3 is 5.73 Å². The summed E-state index contributed by atoms with van der Waals surface area (Å²) in [4.78, 5) is -0.0618. The predicted molar refractivity (Wildman–Crippen MR) is 82.8 cm³/mol. The van der Waals surface area contributed by atoms with Gasteiger partial charge in [-0.25, -0.2) is 8.42 Å². The lowest BCUT2D eigenvalue weighted by Gasteiger charge is -2.10. The molecule has 8 heteroatoms. The van der Waals surface area contributed by atoms with Crippen LogP contribution in [0.4, 0.5) is 11.4 Å². The van der Waals surface area contributed by atoms with Crippen LogP contribution in [0.1, 0.15) is 5.56 Å². The molecule has 0 unspecified atom stereocenters. The summed E-state index contributed by atoms with van der Waals surface area (Å²) in [6, 6.07) is 10.1. The van der Waals surface area contributed by atoms with Crippen molar-refractivity contribution in [3.05, 3.63) is 52.0 Å². The van der Waals surface area contributed by atoms with Gasteiger partial charge >= 0.3 is 0 Å². The molecule has 0 saturated heterocycles. The highest BCUT2D eigenvalue weighted by Gasteiger charge is 2.17. The van der Waals surface area contributed by atoms with Crippen molar-refractivity contribution < 1.29 is 8.42 Å². The minimum Gasteiger partial charge on any atom is -0.397 e. The maximum absolute atomic E-state index is 12.3. The van der Waals surface area contributed by atoms with E-state index < -0.39 is 10.0 Å². The summed E-state index contributed by atoms with van der Waals surface area (Å²) < 4.78 is 26.9. The van der Waals surface area contributed by atoms with Crippen molar-refractivity contribution in [2.45, 2.75) is 4.90 Å². The van der Waals surface area contributed by atoms with Gasteiger partial charge in [0.15, 0.2) is 0 Å². The van der Waals surface area contributed by atoms with Gasteiger partial charge in [0.1, 0.15) is 6.07 Å². The molecule has 21 heavy (non-hydrogen) atoms. The van der Waals surface area contributed by atoms with E-state index in [1.165, 1.54) is 36.4 Å². The fourth-order valence-electron chi connectivity index (χ4n) is 1.59. The smallest absolute Gasteiger partial charge is 0.262 e. The van der Waals surface area contributed by atoms with E-state index in [2.05, 4.69) is 4.72 Å². The summed E-state index contributed by atoms with van der Waals surface area (Å²) in [5, 5.41) is 9.56. The van der Waals surface area contributed by atoms with Crippen LogP contribution in [-0.2, 0) is 10.0 Å². The highest BCUT2D eigenvalue weighted by Crippen LogP contribution is 2.26. The molecule has 0 radical (unpaired) electrons. The average Bonchev–Trinajstić information content (AvgIpc) is 2.41. The Balaban J connectivity index is 2.45. The zero-order chi connectivity index (χ0) is 15.6. The molecule has 0 fully saturated rings. The number of nitrogens with two attached hydrogens (primary N) is 1. The largest absolute Gasteiger partial charge is 0.397 e. The first-order valence-corrected chi connectivity index (χ1v) is 7.85. The van der Waals surface area contributed by atoms with Gasteiger partial charge in [0.05, 0.1) is 26.9 Å². The molecule has 3 N–H and O–H groups in total. The summed E-state index contributed by atoms with van der Waals surface area (Å²) in [6.45, 7) is 0. The van der Waals surface area contributed by atoms with Crippen LogP contribution in [0.3, 0.4) is 0 Å². The lowest BCUT2D eigenvalue weighted by atomic mass is 10.2. The molecule has 2 aromatic rings. The molecule has 0 aliphatic carbocycles. The second-order valence-electron chi connectivity index (χ2n) is 4.09. The Kier molecular flexibility index (Phi) is 4.28. The molecule has 0 atom stereocenters. The van der Waals surface area contributed by atoms with Gasteiger partial charge in [-0.05, 0) is 36.4 Å². The van der Waals surface area contributed by atoms with Crippen LogP contribution in [0, 0.1) is 11.3 Å². The predicted octanol–water partition coefficient (Wildman–Crippen LogP) is 3.25. The van der Waals surface area contributed by atoms with Gasteiger partial charge in [0, 0.05) is 5.02 Å². The number of sulfonamides is 1. The number of nitrogens with one attached hydrogen (secondary N) is 1. The molecule has 0 aliphatic rings. The first-order chi connectivity index (χ1) is 9.83. The highest BCUT2D eigenvalue weighted by atomic mass is 35.5. The average molecular weight is 342 g/mol. The first kappa shape index (κ1) is 15.4. The molecular formula is C13H9Cl2N3O2S. The van der Waals surface area contributed by atoms with Crippen molar-refractivity contribution in [3.63, 3.8) is 0 Å². The number of rotatable bonds is 3. The third-order valence-corrected chi connectivity index (χ3v) is 4.57. The maximum Gasteiger partial charge on any atom is 0.262 e. The molecule has 0 heterocycles. The van der Waals surface area contributed by atoms with E-state index in [-0.39, 0.29) is 26.9 Å². The van der Waals surface area contributed by atoms with Crippen molar-refractivity contribution in [1.29, 1.82) is 5.26 Å². The Morgan fingerprint density at radius 1 is 1.14 bits per heavy atom. The van der Waals surface area contributed by atoms with E-state index >= 15 is 0 Å². The number of hydrogen-bond donors (Lipinski definition) is 2. The second kappa shape index (κ2) is 5.82. The molecular weight excluding hydrogens is 333 g/mol. The van der Waals surface area contributed by atoms with Crippen molar-refractivity contribution in [2.24, 2.45) is 0 Å². The Morgan fingerprint density at radius 2 is 1.86 bits per heavy atom. The van der Waals surface area contributed by atoms with Gasteiger partial charge in [0.2, 0.25) is 0 Å². The quantitative estimate of drug-likeness (QED) is 0.837. The molecule has 2 rings (SSSR count). The number of hydrogen-bond acceptors (Lipinski definition) is 4. The molecule has 0 amide bonds. The van der Waals surface area contributed by atoms with Crippen molar-refractivity contribution in [2.75, 3.05) is 10.5 Å². The second-order valence-corrected chi connectivity index (χ2v) is 6.62. The molecule has 0 aromatic heterocycles. The number of nitriles is 1. The van der Waals surface area contributed by atoms with Crippen molar-refractivity contribution >= 4 is 44.6 Å². The topological polar surface area (TPSA) is 96.0 Å². The van der Waals surface area contributed by atoms with Crippen LogP contribution in [0.15, 0.2) is 41.3 Å². The number of anilines is 2. The van der Waals surface area contributed by atoms with Gasteiger partial charge in [-0.15, -0.1) is 0 Å². The summed E-state index contributed by atoms with van der Waals surface area (Å²) >= 11 is 11.6. The lowest BCUT2D eigenvalue weighted by molar-refractivity contribution is 0.601. The van der Waals surface area contributed by atoms with Crippen molar-refractivity contribution in [3.8, 4) is 6.07 Å². The molecule has 108 valence electrons. The zero-order valence-electron chi connectivity index (χ0n) is 10.5. The van der Waals surface area contributed by atoms with Crippen LogP contribution in [-0.4, -0.2) is 8.42 Å². The van der Waals surface area contributed by atoms with Crippen LogP contribution in [0.2, 0.25) is 10.0 Å². The third kappa shape index (κ3) is 3.39. The third-order valence-electron chi connectivity index (χ3n) is 2.62. The van der Waals surface area contributed by atoms with E-state index in [0.29, 0.717) is 5.02 Å². The molecule has 5 nitrogen and oxygen atoms in total. The van der Waals surface area contributed by atoms with E-state index in [4.69, 9.17) is 34.2 Å². The molecule has 0 saturated carbocycles. The van der Waals surface area contributed by atoms with Gasteiger partial charge in [-0.2, -0.15) is 5.26 Å². The van der Waals surface area contributed by atoms with Crippen LogP contribution < -0.4 is 10.5 Å². The Labute approximate surface area is 132 Å². The fourth-order valence-corrected chi connectivity index (χ4v) is 2.99. The number of halogens is 2. The fraction of sp³-hybridized carbons (Fsp3) is 0. The minimum absolute atomic E-state index is 0.0618.